The van der Waals surface area contributed by atoms with Gasteiger partial charge in [-0.05, 0) is 65.9 Å². The fourth-order valence-electron chi connectivity index (χ4n) is 3.31. The second-order valence-corrected chi connectivity index (χ2v) is 9.57. The molecule has 12 nitrogen and oxygen atoms in total. The zero-order valence-corrected chi connectivity index (χ0v) is 21.4. The number of halogens is 1. The molecule has 0 aliphatic carbocycles. The van der Waals surface area contributed by atoms with Crippen LogP contribution in [-0.4, -0.2) is 38.3 Å². The molecule has 14 heteroatoms. The summed E-state index contributed by atoms with van der Waals surface area (Å²) in [7, 11) is 0. The van der Waals surface area contributed by atoms with Crippen molar-refractivity contribution in [3.63, 3.8) is 0 Å². The third-order valence-corrected chi connectivity index (χ3v) is 6.47. The number of nitrogens with zero attached hydrogens (tertiary/aromatic N) is 3. The van der Waals surface area contributed by atoms with Gasteiger partial charge in [0.1, 0.15) is 12.3 Å². The van der Waals surface area contributed by atoms with Gasteiger partial charge < -0.3 is 10.1 Å². The number of anilines is 1. The van der Waals surface area contributed by atoms with Crippen molar-refractivity contribution < 1.29 is 29.0 Å². The van der Waals surface area contributed by atoms with E-state index >= 15 is 0 Å². The number of amides is 3. The number of benzene rings is 3. The van der Waals surface area contributed by atoms with E-state index in [2.05, 4.69) is 21.2 Å². The smallest absolute Gasteiger partial charge is 0.318 e. The molecule has 0 bridgehead atoms. The quantitative estimate of drug-likeness (QED) is 0.194. The Morgan fingerprint density at radius 1 is 1.03 bits per heavy atom. The molecule has 1 aliphatic heterocycles. The molecular weight excluding hydrogens is 584 g/mol. The van der Waals surface area contributed by atoms with Gasteiger partial charge in [0.25, 0.3) is 16.8 Å². The number of non-ortho nitro benzene ring substituents is 1. The monoisotopic (exact) mass is 598 g/mol. The molecule has 0 aromatic heterocycles. The van der Waals surface area contributed by atoms with E-state index in [-0.39, 0.29) is 16.4 Å². The van der Waals surface area contributed by atoms with E-state index < -0.39 is 44.8 Å². The van der Waals surface area contributed by atoms with Crippen LogP contribution >= 0.6 is 27.7 Å². The lowest BCUT2D eigenvalue weighted by molar-refractivity contribution is -0.394. The van der Waals surface area contributed by atoms with Gasteiger partial charge in [-0.2, -0.15) is 0 Å². The molecule has 3 aromatic rings. The van der Waals surface area contributed by atoms with E-state index in [1.807, 2.05) is 0 Å². The van der Waals surface area contributed by atoms with Gasteiger partial charge in [0.2, 0.25) is 11.7 Å². The minimum Gasteiger partial charge on any atom is -0.450 e. The van der Waals surface area contributed by atoms with Crippen LogP contribution in [0.1, 0.15) is 5.56 Å². The first-order valence-corrected chi connectivity index (χ1v) is 12.2. The predicted molar refractivity (Wildman–Crippen MR) is 142 cm³/mol. The molecule has 1 aliphatic rings. The second kappa shape index (κ2) is 11.2. The van der Waals surface area contributed by atoms with Gasteiger partial charge in [0.15, 0.2) is 0 Å². The number of nitrogens with one attached hydrogen (secondary N) is 1. The lowest BCUT2D eigenvalue weighted by Gasteiger charge is -2.12. The number of carbonyl (C=O) groups excluding carboxylic acids is 3. The highest BCUT2D eigenvalue weighted by Gasteiger charge is 2.36. The normalized spacial score (nSPS) is 14.0. The van der Waals surface area contributed by atoms with Crippen molar-refractivity contribution in [2.75, 3.05) is 11.9 Å². The molecule has 0 unspecified atom stereocenters. The van der Waals surface area contributed by atoms with Crippen molar-refractivity contribution in [3.8, 4) is 11.5 Å². The number of thioether (sulfide) groups is 1. The van der Waals surface area contributed by atoms with E-state index in [9.17, 15) is 34.6 Å². The molecule has 0 saturated carbocycles. The molecule has 3 amide bonds. The first-order chi connectivity index (χ1) is 18.1. The lowest BCUT2D eigenvalue weighted by Crippen LogP contribution is -2.36. The predicted octanol–water partition coefficient (Wildman–Crippen LogP) is 5.73. The Labute approximate surface area is 226 Å². The van der Waals surface area contributed by atoms with E-state index in [4.69, 9.17) is 4.74 Å². The van der Waals surface area contributed by atoms with Crippen LogP contribution in [0.5, 0.6) is 11.5 Å². The Hall–Kier alpha value is -4.56. The van der Waals surface area contributed by atoms with Gasteiger partial charge in [-0.3, -0.25) is 39.5 Å². The Balaban J connectivity index is 1.48. The van der Waals surface area contributed by atoms with Crippen LogP contribution in [0, 0.1) is 20.2 Å². The molecule has 4 rings (SSSR count). The fourth-order valence-corrected chi connectivity index (χ4v) is 4.41. The average molecular weight is 599 g/mol. The van der Waals surface area contributed by atoms with Crippen molar-refractivity contribution in [1.82, 2.24) is 4.90 Å². The minimum atomic E-state index is -0.797. The first kappa shape index (κ1) is 26.5. The number of carbonyl (C=O) groups is 3. The Bertz CT molecular complexity index is 1510. The van der Waals surface area contributed by atoms with Crippen molar-refractivity contribution in [2.45, 2.75) is 0 Å². The van der Waals surface area contributed by atoms with Crippen LogP contribution in [0.2, 0.25) is 0 Å². The van der Waals surface area contributed by atoms with Gasteiger partial charge in [-0.1, -0.05) is 28.1 Å². The molecule has 1 heterocycles. The molecular formula is C24H15BrN4O8S. The SMILES string of the molecule is O=C(CN1C(=O)S/C(=C/c2cccc(Oc3ccc([N+](=O)[O-])cc3[N+](=O)[O-])c2)C1=O)Nc1ccc(Br)cc1. The van der Waals surface area contributed by atoms with Crippen LogP contribution in [0.15, 0.2) is 76.1 Å². The fraction of sp³-hybridized carbons (Fsp3) is 0.0417. The van der Waals surface area contributed by atoms with Crippen molar-refractivity contribution in [1.29, 1.82) is 0 Å². The number of nitro groups is 2. The average Bonchev–Trinajstić information content (AvgIpc) is 3.12. The number of nitro benzene ring substituents is 2. The van der Waals surface area contributed by atoms with Crippen molar-refractivity contribution in [2.24, 2.45) is 0 Å². The minimum absolute atomic E-state index is 0.0740. The third kappa shape index (κ3) is 6.22. The summed E-state index contributed by atoms with van der Waals surface area (Å²) in [6.45, 7) is -0.467. The highest BCUT2D eigenvalue weighted by atomic mass is 79.9. The topological polar surface area (TPSA) is 162 Å². The van der Waals surface area contributed by atoms with Crippen LogP contribution in [0.25, 0.3) is 6.08 Å². The Kier molecular flexibility index (Phi) is 7.83. The van der Waals surface area contributed by atoms with Gasteiger partial charge in [-0.15, -0.1) is 0 Å². The summed E-state index contributed by atoms with van der Waals surface area (Å²) in [6.07, 6.45) is 1.43. The first-order valence-electron chi connectivity index (χ1n) is 10.6. The maximum atomic E-state index is 12.8. The molecule has 0 radical (unpaired) electrons. The lowest BCUT2D eigenvalue weighted by atomic mass is 10.2. The number of hydrogen-bond donors (Lipinski definition) is 1. The van der Waals surface area contributed by atoms with E-state index in [0.29, 0.717) is 23.0 Å². The molecule has 0 spiro atoms. The van der Waals surface area contributed by atoms with E-state index in [0.717, 1.165) is 27.6 Å². The Morgan fingerprint density at radius 2 is 1.76 bits per heavy atom. The zero-order chi connectivity index (χ0) is 27.4. The maximum absolute atomic E-state index is 12.8. The summed E-state index contributed by atoms with van der Waals surface area (Å²) in [5.41, 5.74) is -0.103. The van der Waals surface area contributed by atoms with E-state index in [1.54, 1.807) is 36.4 Å². The standard InChI is InChI=1S/C24H15BrN4O8S/c25-15-4-6-16(7-5-15)26-22(30)13-27-23(31)21(38-24(27)32)11-14-2-1-3-18(10-14)37-20-9-8-17(28(33)34)12-19(20)29(35)36/h1-12H,13H2,(H,26,30)/b21-11+. The molecule has 1 saturated heterocycles. The van der Waals surface area contributed by atoms with Gasteiger partial charge >= 0.3 is 5.69 Å². The van der Waals surface area contributed by atoms with Crippen molar-refractivity contribution >= 4 is 67.9 Å². The highest BCUT2D eigenvalue weighted by molar-refractivity contribution is 9.10. The van der Waals surface area contributed by atoms with Crippen molar-refractivity contribution in [3.05, 3.63) is 102 Å². The molecule has 0 atom stereocenters. The third-order valence-electron chi connectivity index (χ3n) is 5.04. The van der Waals surface area contributed by atoms with Gasteiger partial charge in [-0.25, -0.2) is 0 Å². The zero-order valence-electron chi connectivity index (χ0n) is 19.0. The van der Waals surface area contributed by atoms with Crippen LogP contribution in [-0.2, 0) is 9.59 Å². The molecule has 3 aromatic carbocycles. The van der Waals surface area contributed by atoms with Crippen LogP contribution < -0.4 is 10.1 Å². The van der Waals surface area contributed by atoms with Crippen LogP contribution in [0.4, 0.5) is 21.9 Å². The summed E-state index contributed by atoms with van der Waals surface area (Å²) in [5.74, 6) is -1.25. The maximum Gasteiger partial charge on any atom is 0.318 e. The number of imide groups is 1. The second-order valence-electron chi connectivity index (χ2n) is 7.66. The number of rotatable bonds is 8. The molecule has 1 N–H and O–H groups in total. The number of ether oxygens (including phenoxy) is 1. The van der Waals surface area contributed by atoms with Crippen LogP contribution in [0.3, 0.4) is 0 Å². The summed E-state index contributed by atoms with van der Waals surface area (Å²) in [6, 6.07) is 15.9. The number of hydrogen-bond acceptors (Lipinski definition) is 9. The summed E-state index contributed by atoms with van der Waals surface area (Å²) in [5, 5.41) is 24.3. The van der Waals surface area contributed by atoms with E-state index in [1.165, 1.54) is 18.2 Å². The largest absolute Gasteiger partial charge is 0.450 e. The summed E-state index contributed by atoms with van der Waals surface area (Å²) in [4.78, 5) is 59.2. The van der Waals surface area contributed by atoms with Gasteiger partial charge in [0, 0.05) is 16.2 Å². The Morgan fingerprint density at radius 3 is 2.45 bits per heavy atom. The summed E-state index contributed by atoms with van der Waals surface area (Å²) < 4.78 is 6.40. The van der Waals surface area contributed by atoms with Gasteiger partial charge in [0.05, 0.1) is 20.8 Å². The molecule has 1 fully saturated rings. The molecule has 192 valence electrons. The molecule has 38 heavy (non-hydrogen) atoms. The highest BCUT2D eigenvalue weighted by Crippen LogP contribution is 2.36. The summed E-state index contributed by atoms with van der Waals surface area (Å²) >= 11 is 3.96.